The average molecular weight is 446 g/mol. The molecule has 0 fully saturated rings. The van der Waals surface area contributed by atoms with Crippen LogP contribution in [0.2, 0.25) is 0 Å². The minimum atomic E-state index is -1.63. The van der Waals surface area contributed by atoms with Crippen molar-refractivity contribution in [2.45, 2.75) is 25.6 Å². The maximum absolute atomic E-state index is 8.74. The number of aryl methyl sites for hydroxylation is 1. The molecular formula is C31H23NS. The van der Waals surface area contributed by atoms with Gasteiger partial charge in [0.2, 0.25) is 0 Å². The van der Waals surface area contributed by atoms with E-state index in [4.69, 9.17) is 5.48 Å². The summed E-state index contributed by atoms with van der Waals surface area (Å²) in [6.45, 7) is 0. The third kappa shape index (κ3) is 3.02. The molecule has 2 heteroatoms. The summed E-state index contributed by atoms with van der Waals surface area (Å²) in [6, 6.07) is 29.2. The van der Waals surface area contributed by atoms with Crippen LogP contribution >= 0.6 is 11.3 Å². The minimum absolute atomic E-state index is 0.141. The SMILES string of the molecule is [2H]C1([2H])CCC([2H])([2H])c2c1ccnc2-c1cccc2c1sc1cc(-c3cccc4ccccc34)ccc12. The van der Waals surface area contributed by atoms with Gasteiger partial charge in [-0.15, -0.1) is 11.3 Å². The zero-order valence-corrected chi connectivity index (χ0v) is 18.7. The largest absolute Gasteiger partial charge is 0.256 e. The predicted octanol–water partition coefficient (Wildman–Crippen LogP) is 8.82. The minimum Gasteiger partial charge on any atom is -0.256 e. The lowest BCUT2D eigenvalue weighted by atomic mass is 9.89. The predicted molar refractivity (Wildman–Crippen MR) is 142 cm³/mol. The molecule has 4 aromatic carbocycles. The van der Waals surface area contributed by atoms with Gasteiger partial charge in [-0.1, -0.05) is 72.8 Å². The molecule has 6 aromatic rings. The van der Waals surface area contributed by atoms with E-state index in [1.165, 1.54) is 16.3 Å². The molecule has 33 heavy (non-hydrogen) atoms. The van der Waals surface area contributed by atoms with E-state index in [1.54, 1.807) is 23.6 Å². The lowest BCUT2D eigenvalue weighted by Crippen LogP contribution is -2.05. The number of rotatable bonds is 2. The Labute approximate surface area is 203 Å². The first-order chi connectivity index (χ1) is 17.8. The molecule has 0 bridgehead atoms. The van der Waals surface area contributed by atoms with Crippen LogP contribution in [0.15, 0.2) is 91.1 Å². The van der Waals surface area contributed by atoms with Crippen molar-refractivity contribution < 1.29 is 5.48 Å². The van der Waals surface area contributed by atoms with Gasteiger partial charge in [-0.25, -0.2) is 0 Å². The van der Waals surface area contributed by atoms with E-state index in [0.717, 1.165) is 31.3 Å². The van der Waals surface area contributed by atoms with Gasteiger partial charge in [-0.05, 0) is 70.7 Å². The van der Waals surface area contributed by atoms with Crippen LogP contribution in [-0.4, -0.2) is 4.98 Å². The van der Waals surface area contributed by atoms with Gasteiger partial charge in [0.05, 0.1) is 5.69 Å². The van der Waals surface area contributed by atoms with E-state index in [1.807, 2.05) is 12.1 Å². The van der Waals surface area contributed by atoms with Gasteiger partial charge in [0.1, 0.15) is 0 Å². The van der Waals surface area contributed by atoms with Gasteiger partial charge in [0.15, 0.2) is 0 Å². The first-order valence-corrected chi connectivity index (χ1v) is 12.1. The van der Waals surface area contributed by atoms with Crippen molar-refractivity contribution in [1.29, 1.82) is 0 Å². The maximum atomic E-state index is 8.74. The van der Waals surface area contributed by atoms with Gasteiger partial charge in [0, 0.05) is 37.4 Å². The van der Waals surface area contributed by atoms with Crippen LogP contribution in [0, 0.1) is 0 Å². The molecule has 0 spiro atoms. The van der Waals surface area contributed by atoms with Crippen molar-refractivity contribution in [3.8, 4) is 22.4 Å². The van der Waals surface area contributed by atoms with Crippen molar-refractivity contribution in [2.75, 3.05) is 0 Å². The Morgan fingerprint density at radius 2 is 1.55 bits per heavy atom. The van der Waals surface area contributed by atoms with E-state index >= 15 is 0 Å². The van der Waals surface area contributed by atoms with Crippen LogP contribution in [0.1, 0.15) is 29.5 Å². The number of benzene rings is 4. The monoisotopic (exact) mass is 445 g/mol. The van der Waals surface area contributed by atoms with Gasteiger partial charge in [-0.2, -0.15) is 0 Å². The number of pyridine rings is 1. The molecule has 2 heterocycles. The van der Waals surface area contributed by atoms with Crippen molar-refractivity contribution in [3.05, 3.63) is 102 Å². The highest BCUT2D eigenvalue weighted by molar-refractivity contribution is 7.26. The zero-order chi connectivity index (χ0) is 25.4. The summed E-state index contributed by atoms with van der Waals surface area (Å²) < 4.78 is 36.8. The number of thiophene rings is 1. The number of hydrogen-bond donors (Lipinski definition) is 0. The molecule has 0 atom stereocenters. The van der Waals surface area contributed by atoms with Crippen LogP contribution in [0.5, 0.6) is 0 Å². The third-order valence-corrected chi connectivity index (χ3v) is 7.75. The first-order valence-electron chi connectivity index (χ1n) is 13.3. The molecule has 1 nitrogen and oxygen atoms in total. The van der Waals surface area contributed by atoms with E-state index in [-0.39, 0.29) is 12.8 Å². The molecule has 0 amide bonds. The van der Waals surface area contributed by atoms with Crippen LogP contribution in [0.4, 0.5) is 0 Å². The number of fused-ring (bicyclic) bond motifs is 5. The highest BCUT2D eigenvalue weighted by Crippen LogP contribution is 2.43. The van der Waals surface area contributed by atoms with Crippen molar-refractivity contribution in [2.24, 2.45) is 0 Å². The fraction of sp³-hybridized carbons (Fsp3) is 0.129. The van der Waals surface area contributed by atoms with Crippen molar-refractivity contribution in [3.63, 3.8) is 0 Å². The van der Waals surface area contributed by atoms with Crippen molar-refractivity contribution >= 4 is 42.3 Å². The second-order valence-corrected chi connectivity index (χ2v) is 9.51. The van der Waals surface area contributed by atoms with E-state index < -0.39 is 12.7 Å². The molecule has 1 aliphatic rings. The Kier molecular flexibility index (Phi) is 3.51. The molecule has 0 unspecified atom stereocenters. The summed E-state index contributed by atoms with van der Waals surface area (Å²) in [7, 11) is 0. The normalized spacial score (nSPS) is 18.4. The fourth-order valence-corrected chi connectivity index (χ4v) is 6.26. The fourth-order valence-electron chi connectivity index (χ4n) is 5.01. The maximum Gasteiger partial charge on any atom is 0.0751 e. The van der Waals surface area contributed by atoms with Crippen molar-refractivity contribution in [1.82, 2.24) is 4.98 Å². The van der Waals surface area contributed by atoms with E-state index in [2.05, 4.69) is 71.7 Å². The summed E-state index contributed by atoms with van der Waals surface area (Å²) >= 11 is 1.69. The molecular weight excluding hydrogens is 418 g/mol. The topological polar surface area (TPSA) is 12.9 Å². The second kappa shape index (κ2) is 7.54. The lowest BCUT2D eigenvalue weighted by molar-refractivity contribution is 0.684. The van der Waals surface area contributed by atoms with Crippen LogP contribution in [-0.2, 0) is 12.7 Å². The Morgan fingerprint density at radius 1 is 0.727 bits per heavy atom. The number of hydrogen-bond acceptors (Lipinski definition) is 2. The molecule has 1 aliphatic carbocycles. The summed E-state index contributed by atoms with van der Waals surface area (Å²) in [6.07, 6.45) is -1.27. The summed E-state index contributed by atoms with van der Waals surface area (Å²) in [4.78, 5) is 4.64. The van der Waals surface area contributed by atoms with E-state index in [9.17, 15) is 0 Å². The Hall–Kier alpha value is -3.49. The second-order valence-electron chi connectivity index (χ2n) is 8.46. The van der Waals surface area contributed by atoms with Gasteiger partial charge >= 0.3 is 0 Å². The number of aromatic nitrogens is 1. The van der Waals surface area contributed by atoms with E-state index in [0.29, 0.717) is 16.8 Å². The first kappa shape index (κ1) is 15.4. The Bertz CT molecular complexity index is 1850. The van der Waals surface area contributed by atoms with Crippen LogP contribution in [0.3, 0.4) is 0 Å². The molecule has 0 radical (unpaired) electrons. The van der Waals surface area contributed by atoms with Gasteiger partial charge in [0.25, 0.3) is 0 Å². The number of nitrogens with zero attached hydrogens (tertiary/aromatic N) is 1. The molecule has 0 saturated carbocycles. The molecule has 2 aromatic heterocycles. The van der Waals surface area contributed by atoms with Crippen LogP contribution < -0.4 is 0 Å². The molecule has 7 rings (SSSR count). The van der Waals surface area contributed by atoms with Gasteiger partial charge in [-0.3, -0.25) is 4.98 Å². The van der Waals surface area contributed by atoms with Crippen LogP contribution in [0.25, 0.3) is 53.3 Å². The van der Waals surface area contributed by atoms with Gasteiger partial charge < -0.3 is 0 Å². The third-order valence-electron chi connectivity index (χ3n) is 6.55. The summed E-state index contributed by atoms with van der Waals surface area (Å²) in [5.41, 5.74) is 4.60. The summed E-state index contributed by atoms with van der Waals surface area (Å²) in [5.74, 6) is 0. The highest BCUT2D eigenvalue weighted by atomic mass is 32.1. The molecule has 0 saturated heterocycles. The Balaban J connectivity index is 1.46. The standard InChI is InChI=1S/C31H23NS/c1-3-10-23-20(7-1)9-5-12-24(23)22-15-16-26-27-13-6-14-28(31(27)33-29(26)19-22)30-25-11-4-2-8-21(25)17-18-32-30/h1,3,5-7,9-10,12-19H,2,4,8,11H2/i8D2,11D2. The molecule has 158 valence electrons. The quantitative estimate of drug-likeness (QED) is 0.259. The Morgan fingerprint density at radius 3 is 2.55 bits per heavy atom. The molecule has 0 aliphatic heterocycles. The lowest BCUT2D eigenvalue weighted by Gasteiger charge is -2.18. The molecule has 0 N–H and O–H groups in total. The summed E-state index contributed by atoms with van der Waals surface area (Å²) in [5, 5.41) is 4.71. The highest BCUT2D eigenvalue weighted by Gasteiger charge is 2.18. The zero-order valence-electron chi connectivity index (χ0n) is 21.9. The smallest absolute Gasteiger partial charge is 0.0751 e. The average Bonchev–Trinajstić information content (AvgIpc) is 3.29.